The number of morpholine rings is 1. The van der Waals surface area contributed by atoms with Crippen molar-refractivity contribution in [2.75, 3.05) is 45.4 Å². The van der Waals surface area contributed by atoms with Gasteiger partial charge in [0.15, 0.2) is 5.96 Å². The van der Waals surface area contributed by atoms with Gasteiger partial charge >= 0.3 is 0 Å². The highest BCUT2D eigenvalue weighted by Gasteiger charge is 2.10. The Labute approximate surface area is 161 Å². The van der Waals surface area contributed by atoms with Crippen molar-refractivity contribution in [2.45, 2.75) is 13.1 Å². The summed E-state index contributed by atoms with van der Waals surface area (Å²) in [6.07, 6.45) is 0. The summed E-state index contributed by atoms with van der Waals surface area (Å²) < 4.78 is 10.8. The van der Waals surface area contributed by atoms with Crippen molar-refractivity contribution in [3.05, 3.63) is 59.7 Å². The van der Waals surface area contributed by atoms with E-state index in [4.69, 9.17) is 9.47 Å². The van der Waals surface area contributed by atoms with Crippen LogP contribution < -0.4 is 20.3 Å². The maximum Gasteiger partial charge on any atom is 0.191 e. The van der Waals surface area contributed by atoms with Crippen LogP contribution in [-0.4, -0.2) is 46.4 Å². The summed E-state index contributed by atoms with van der Waals surface area (Å²) in [5.41, 5.74) is 3.56. The number of guanidine groups is 1. The predicted molar refractivity (Wildman–Crippen MR) is 110 cm³/mol. The Morgan fingerprint density at radius 1 is 1.04 bits per heavy atom. The zero-order valence-corrected chi connectivity index (χ0v) is 16.1. The number of aliphatic imine (C=N–C) groups is 1. The molecule has 1 heterocycles. The summed E-state index contributed by atoms with van der Waals surface area (Å²) in [5.74, 6) is 1.64. The number of para-hydroxylation sites is 1. The van der Waals surface area contributed by atoms with E-state index in [1.807, 2.05) is 24.3 Å². The van der Waals surface area contributed by atoms with Crippen LogP contribution in [0.5, 0.6) is 5.75 Å². The van der Waals surface area contributed by atoms with Gasteiger partial charge in [-0.3, -0.25) is 4.99 Å². The maximum atomic E-state index is 5.41. The summed E-state index contributed by atoms with van der Waals surface area (Å²) in [6, 6.07) is 16.6. The second-order valence-corrected chi connectivity index (χ2v) is 6.36. The number of anilines is 1. The number of benzene rings is 2. The number of rotatable bonds is 6. The minimum Gasteiger partial charge on any atom is -0.496 e. The first kappa shape index (κ1) is 19.0. The van der Waals surface area contributed by atoms with Gasteiger partial charge in [0, 0.05) is 44.5 Å². The van der Waals surface area contributed by atoms with Crippen LogP contribution in [0.4, 0.5) is 5.69 Å². The Hall–Kier alpha value is -2.73. The Morgan fingerprint density at radius 2 is 1.74 bits per heavy atom. The van der Waals surface area contributed by atoms with Gasteiger partial charge in [-0.15, -0.1) is 0 Å². The van der Waals surface area contributed by atoms with E-state index >= 15 is 0 Å². The highest BCUT2D eigenvalue weighted by molar-refractivity contribution is 5.79. The summed E-state index contributed by atoms with van der Waals surface area (Å²) in [6.45, 7) is 4.89. The average molecular weight is 368 g/mol. The van der Waals surface area contributed by atoms with Crippen LogP contribution in [0.3, 0.4) is 0 Å². The predicted octanol–water partition coefficient (Wildman–Crippen LogP) is 2.40. The first-order chi connectivity index (χ1) is 13.3. The van der Waals surface area contributed by atoms with Crippen LogP contribution in [0, 0.1) is 0 Å². The normalized spacial score (nSPS) is 14.7. The van der Waals surface area contributed by atoms with Gasteiger partial charge in [-0.25, -0.2) is 0 Å². The molecule has 0 unspecified atom stereocenters. The van der Waals surface area contributed by atoms with E-state index < -0.39 is 0 Å². The zero-order valence-electron chi connectivity index (χ0n) is 16.1. The lowest BCUT2D eigenvalue weighted by Gasteiger charge is -2.28. The summed E-state index contributed by atoms with van der Waals surface area (Å²) >= 11 is 0. The third-order valence-electron chi connectivity index (χ3n) is 4.63. The number of methoxy groups -OCH3 is 1. The van der Waals surface area contributed by atoms with Crippen LogP contribution in [-0.2, 0) is 17.8 Å². The van der Waals surface area contributed by atoms with Crippen molar-refractivity contribution in [1.29, 1.82) is 0 Å². The summed E-state index contributed by atoms with van der Waals surface area (Å²) in [4.78, 5) is 6.65. The molecular formula is C21H28N4O2. The molecule has 0 spiro atoms. The molecular weight excluding hydrogens is 340 g/mol. The molecule has 1 fully saturated rings. The van der Waals surface area contributed by atoms with Crippen LogP contribution >= 0.6 is 0 Å². The van der Waals surface area contributed by atoms with E-state index in [0.717, 1.165) is 50.1 Å². The van der Waals surface area contributed by atoms with Gasteiger partial charge in [0.05, 0.1) is 20.3 Å². The van der Waals surface area contributed by atoms with Crippen molar-refractivity contribution >= 4 is 11.6 Å². The van der Waals surface area contributed by atoms with E-state index in [-0.39, 0.29) is 0 Å². The second-order valence-electron chi connectivity index (χ2n) is 6.36. The molecule has 0 radical (unpaired) electrons. The van der Waals surface area contributed by atoms with Gasteiger partial charge in [-0.05, 0) is 23.8 Å². The lowest BCUT2D eigenvalue weighted by Crippen LogP contribution is -2.36. The summed E-state index contributed by atoms with van der Waals surface area (Å²) in [5, 5.41) is 6.69. The molecule has 0 amide bonds. The van der Waals surface area contributed by atoms with E-state index in [1.165, 1.54) is 11.3 Å². The van der Waals surface area contributed by atoms with Gasteiger partial charge in [-0.2, -0.15) is 0 Å². The molecule has 27 heavy (non-hydrogen) atoms. The highest BCUT2D eigenvalue weighted by atomic mass is 16.5. The van der Waals surface area contributed by atoms with Crippen LogP contribution in [0.1, 0.15) is 11.1 Å². The van der Waals surface area contributed by atoms with E-state index in [1.54, 1.807) is 14.2 Å². The molecule has 1 aliphatic rings. The molecule has 0 saturated carbocycles. The van der Waals surface area contributed by atoms with Crippen molar-refractivity contribution in [1.82, 2.24) is 10.6 Å². The van der Waals surface area contributed by atoms with Crippen molar-refractivity contribution in [3.63, 3.8) is 0 Å². The topological polar surface area (TPSA) is 58.1 Å². The zero-order chi connectivity index (χ0) is 18.9. The molecule has 6 nitrogen and oxygen atoms in total. The van der Waals surface area contributed by atoms with Crippen LogP contribution in [0.25, 0.3) is 0 Å². The number of nitrogens with one attached hydrogen (secondary N) is 2. The molecule has 2 aromatic rings. The van der Waals surface area contributed by atoms with Crippen LogP contribution in [0.2, 0.25) is 0 Å². The van der Waals surface area contributed by atoms with Gasteiger partial charge < -0.3 is 25.0 Å². The molecule has 2 aromatic carbocycles. The van der Waals surface area contributed by atoms with Gasteiger partial charge in [0.1, 0.15) is 5.75 Å². The first-order valence-electron chi connectivity index (χ1n) is 9.28. The van der Waals surface area contributed by atoms with Crippen molar-refractivity contribution < 1.29 is 9.47 Å². The lowest BCUT2D eigenvalue weighted by molar-refractivity contribution is 0.122. The fourth-order valence-electron chi connectivity index (χ4n) is 3.08. The molecule has 0 aliphatic carbocycles. The van der Waals surface area contributed by atoms with Gasteiger partial charge in [0.25, 0.3) is 0 Å². The molecule has 0 aromatic heterocycles. The largest absolute Gasteiger partial charge is 0.496 e. The minimum atomic E-state index is 0.652. The highest BCUT2D eigenvalue weighted by Crippen LogP contribution is 2.17. The molecule has 0 atom stereocenters. The van der Waals surface area contributed by atoms with E-state index in [0.29, 0.717) is 6.54 Å². The van der Waals surface area contributed by atoms with Gasteiger partial charge in [0.2, 0.25) is 0 Å². The Kier molecular flexibility index (Phi) is 6.93. The molecule has 2 N–H and O–H groups in total. The van der Waals surface area contributed by atoms with Crippen LogP contribution in [0.15, 0.2) is 53.5 Å². The Bertz CT molecular complexity index is 740. The Morgan fingerprint density at radius 3 is 2.44 bits per heavy atom. The van der Waals surface area contributed by atoms with E-state index in [2.05, 4.69) is 44.8 Å². The molecule has 6 heteroatoms. The fraction of sp³-hybridized carbons (Fsp3) is 0.381. The number of ether oxygens (including phenoxy) is 2. The standard InChI is InChI=1S/C21H28N4O2/c1-22-21(24-16-18-5-3-4-6-20(18)26-2)23-15-17-7-9-19(10-8-17)25-11-13-27-14-12-25/h3-10H,11-16H2,1-2H3,(H2,22,23,24). The number of hydrogen-bond donors (Lipinski definition) is 2. The molecule has 3 rings (SSSR count). The third kappa shape index (κ3) is 5.37. The molecule has 0 bridgehead atoms. The second kappa shape index (κ2) is 9.83. The average Bonchev–Trinajstić information content (AvgIpc) is 2.75. The molecule has 1 aliphatic heterocycles. The molecule has 144 valence electrons. The smallest absolute Gasteiger partial charge is 0.191 e. The van der Waals surface area contributed by atoms with Gasteiger partial charge in [-0.1, -0.05) is 30.3 Å². The third-order valence-corrected chi connectivity index (χ3v) is 4.63. The number of nitrogens with zero attached hydrogens (tertiary/aromatic N) is 2. The summed E-state index contributed by atoms with van der Waals surface area (Å²) in [7, 11) is 3.46. The van der Waals surface area contributed by atoms with Crippen molar-refractivity contribution in [2.24, 2.45) is 4.99 Å². The number of hydrogen-bond acceptors (Lipinski definition) is 4. The monoisotopic (exact) mass is 368 g/mol. The SMILES string of the molecule is CN=C(NCc1ccc(N2CCOCC2)cc1)NCc1ccccc1OC. The lowest BCUT2D eigenvalue weighted by atomic mass is 10.2. The maximum absolute atomic E-state index is 5.41. The van der Waals surface area contributed by atoms with E-state index in [9.17, 15) is 0 Å². The first-order valence-corrected chi connectivity index (χ1v) is 9.28. The Balaban J connectivity index is 1.50. The fourth-order valence-corrected chi connectivity index (χ4v) is 3.08. The quantitative estimate of drug-likeness (QED) is 0.606. The van der Waals surface area contributed by atoms with Crippen molar-refractivity contribution in [3.8, 4) is 5.75 Å². The minimum absolute atomic E-state index is 0.652. The molecule has 1 saturated heterocycles.